The van der Waals surface area contributed by atoms with Gasteiger partial charge < -0.3 is 15.4 Å². The van der Waals surface area contributed by atoms with Crippen molar-refractivity contribution < 1.29 is 14.3 Å². The van der Waals surface area contributed by atoms with Crippen LogP contribution in [0, 0.1) is 0 Å². The van der Waals surface area contributed by atoms with Gasteiger partial charge in [0.2, 0.25) is 0 Å². The smallest absolute Gasteiger partial charge is 0.262 e. The number of halogens is 1. The number of anilines is 1. The summed E-state index contributed by atoms with van der Waals surface area (Å²) in [5, 5.41) is 6.48. The average molecular weight is 458 g/mol. The predicted molar refractivity (Wildman–Crippen MR) is 125 cm³/mol. The number of thioether (sulfide) groups is 1. The lowest BCUT2D eigenvalue weighted by atomic mass is 10.1. The van der Waals surface area contributed by atoms with Gasteiger partial charge in [-0.3, -0.25) is 14.5 Å². The number of rotatable bonds is 6. The highest BCUT2D eigenvalue weighted by Crippen LogP contribution is 2.39. The molecule has 6 nitrogen and oxygen atoms in total. The Morgan fingerprint density at radius 1 is 1.23 bits per heavy atom. The van der Waals surface area contributed by atoms with E-state index in [2.05, 4.69) is 15.5 Å². The number of carbonyl (C=O) groups is 2. The van der Waals surface area contributed by atoms with Gasteiger partial charge in [0.25, 0.3) is 11.8 Å². The van der Waals surface area contributed by atoms with Crippen LogP contribution in [0.25, 0.3) is 6.08 Å². The molecule has 4 rings (SSSR count). The number of fused-ring (bicyclic) bond motifs is 1. The minimum Gasteiger partial charge on any atom is -0.379 e. The Kier molecular flexibility index (Phi) is 7.29. The molecular weight excluding hydrogens is 434 g/mol. The van der Waals surface area contributed by atoms with Crippen LogP contribution in [0.4, 0.5) is 5.69 Å². The van der Waals surface area contributed by atoms with E-state index in [0.717, 1.165) is 49.7 Å². The van der Waals surface area contributed by atoms with Crippen LogP contribution >= 0.6 is 23.4 Å². The summed E-state index contributed by atoms with van der Waals surface area (Å²) in [6.45, 7) is 5.01. The third-order valence-electron chi connectivity index (χ3n) is 5.12. The molecule has 2 heterocycles. The van der Waals surface area contributed by atoms with Crippen molar-refractivity contribution in [3.05, 3.63) is 63.5 Å². The molecule has 2 aliphatic heterocycles. The first-order valence-corrected chi connectivity index (χ1v) is 11.5. The third-order valence-corrected chi connectivity index (χ3v) is 6.45. The van der Waals surface area contributed by atoms with E-state index in [-0.39, 0.29) is 11.8 Å². The third kappa shape index (κ3) is 5.89. The molecule has 1 fully saturated rings. The zero-order valence-corrected chi connectivity index (χ0v) is 18.6. The summed E-state index contributed by atoms with van der Waals surface area (Å²) in [6.07, 6.45) is 2.70. The molecule has 2 aromatic rings. The Bertz CT molecular complexity index is 1010. The number of ether oxygens (including phenoxy) is 1. The standard InChI is InChI=1S/C23H24ClN3O3S/c24-18-4-1-3-16(13-18)14-21-23(29)26-19-15-17(5-6-20(19)31-21)22(28)25-7-2-8-27-9-11-30-12-10-27/h1,3-6,13-15H,2,7-12H2,(H,25,28)(H,26,29). The lowest BCUT2D eigenvalue weighted by Gasteiger charge is -2.26. The molecule has 31 heavy (non-hydrogen) atoms. The highest BCUT2D eigenvalue weighted by molar-refractivity contribution is 8.04. The van der Waals surface area contributed by atoms with Crippen LogP contribution < -0.4 is 10.6 Å². The van der Waals surface area contributed by atoms with Crippen LogP contribution in [-0.2, 0) is 9.53 Å². The van der Waals surface area contributed by atoms with Gasteiger partial charge in [0.15, 0.2) is 0 Å². The summed E-state index contributed by atoms with van der Waals surface area (Å²) >= 11 is 7.41. The maximum atomic E-state index is 12.5. The van der Waals surface area contributed by atoms with Crippen molar-refractivity contribution in [3.63, 3.8) is 0 Å². The molecule has 0 saturated carbocycles. The van der Waals surface area contributed by atoms with E-state index in [1.165, 1.54) is 11.8 Å². The van der Waals surface area contributed by atoms with Crippen molar-refractivity contribution in [2.75, 3.05) is 44.7 Å². The zero-order valence-electron chi connectivity index (χ0n) is 17.0. The zero-order chi connectivity index (χ0) is 21.6. The SMILES string of the molecule is O=C1Nc2cc(C(=O)NCCCN3CCOCC3)ccc2SC1=Cc1cccc(Cl)c1. The second-order valence-electron chi connectivity index (χ2n) is 7.39. The van der Waals surface area contributed by atoms with Crippen molar-refractivity contribution in [1.82, 2.24) is 10.2 Å². The summed E-state index contributed by atoms with van der Waals surface area (Å²) in [6, 6.07) is 12.7. The fourth-order valence-corrected chi connectivity index (χ4v) is 4.61. The number of carbonyl (C=O) groups excluding carboxylic acids is 2. The maximum absolute atomic E-state index is 12.5. The van der Waals surface area contributed by atoms with E-state index in [9.17, 15) is 9.59 Å². The Morgan fingerprint density at radius 3 is 2.87 bits per heavy atom. The minimum absolute atomic E-state index is 0.135. The van der Waals surface area contributed by atoms with Gasteiger partial charge in [0.1, 0.15) is 0 Å². The minimum atomic E-state index is -0.194. The van der Waals surface area contributed by atoms with Crippen LogP contribution in [-0.4, -0.2) is 56.1 Å². The Labute approximate surface area is 191 Å². The molecule has 2 aliphatic rings. The largest absolute Gasteiger partial charge is 0.379 e. The molecule has 0 aromatic heterocycles. The summed E-state index contributed by atoms with van der Waals surface area (Å²) in [4.78, 5) is 28.9. The van der Waals surface area contributed by atoms with Crippen LogP contribution in [0.2, 0.25) is 5.02 Å². The molecule has 2 amide bonds. The summed E-state index contributed by atoms with van der Waals surface area (Å²) < 4.78 is 5.34. The number of hydrogen-bond acceptors (Lipinski definition) is 5. The first kappa shape index (κ1) is 21.9. The summed E-state index contributed by atoms with van der Waals surface area (Å²) in [5.74, 6) is -0.329. The fraction of sp³-hybridized carbons (Fsp3) is 0.304. The first-order valence-electron chi connectivity index (χ1n) is 10.3. The van der Waals surface area contributed by atoms with E-state index in [0.29, 0.717) is 27.7 Å². The van der Waals surface area contributed by atoms with Crippen molar-refractivity contribution in [1.29, 1.82) is 0 Å². The quantitative estimate of drug-likeness (QED) is 0.509. The topological polar surface area (TPSA) is 70.7 Å². The Morgan fingerprint density at radius 2 is 2.06 bits per heavy atom. The molecule has 0 atom stereocenters. The maximum Gasteiger partial charge on any atom is 0.262 e. The van der Waals surface area contributed by atoms with Gasteiger partial charge in [-0.1, -0.05) is 35.5 Å². The summed E-state index contributed by atoms with van der Waals surface area (Å²) in [5.41, 5.74) is 2.05. The number of amides is 2. The monoisotopic (exact) mass is 457 g/mol. The molecule has 0 unspecified atom stereocenters. The fourth-order valence-electron chi connectivity index (χ4n) is 3.48. The van der Waals surface area contributed by atoms with E-state index in [1.54, 1.807) is 18.2 Å². The molecule has 162 valence electrons. The van der Waals surface area contributed by atoms with Gasteiger partial charge in [-0.2, -0.15) is 0 Å². The van der Waals surface area contributed by atoms with Crippen LogP contribution in [0.5, 0.6) is 0 Å². The number of hydrogen-bond donors (Lipinski definition) is 2. The van der Waals surface area contributed by atoms with Crippen molar-refractivity contribution in [3.8, 4) is 0 Å². The Hall–Kier alpha value is -2.32. The molecular formula is C23H24ClN3O3S. The van der Waals surface area contributed by atoms with E-state index in [1.807, 2.05) is 30.3 Å². The van der Waals surface area contributed by atoms with E-state index < -0.39 is 0 Å². The highest BCUT2D eigenvalue weighted by Gasteiger charge is 2.22. The number of nitrogens with one attached hydrogen (secondary N) is 2. The average Bonchev–Trinajstić information content (AvgIpc) is 2.77. The second kappa shape index (κ2) is 10.3. The summed E-state index contributed by atoms with van der Waals surface area (Å²) in [7, 11) is 0. The molecule has 8 heteroatoms. The predicted octanol–water partition coefficient (Wildman–Crippen LogP) is 3.88. The first-order chi connectivity index (χ1) is 15.1. The van der Waals surface area contributed by atoms with Gasteiger partial charge in [-0.05, 0) is 54.9 Å². The van der Waals surface area contributed by atoms with Crippen molar-refractivity contribution in [2.24, 2.45) is 0 Å². The van der Waals surface area contributed by atoms with Gasteiger partial charge >= 0.3 is 0 Å². The van der Waals surface area contributed by atoms with Gasteiger partial charge in [0.05, 0.1) is 23.8 Å². The molecule has 1 saturated heterocycles. The second-order valence-corrected chi connectivity index (χ2v) is 8.91. The van der Waals surface area contributed by atoms with Gasteiger partial charge in [0, 0.05) is 35.1 Å². The lowest BCUT2D eigenvalue weighted by Crippen LogP contribution is -2.38. The molecule has 0 spiro atoms. The lowest BCUT2D eigenvalue weighted by molar-refractivity contribution is -0.112. The van der Waals surface area contributed by atoms with Crippen molar-refractivity contribution in [2.45, 2.75) is 11.3 Å². The van der Waals surface area contributed by atoms with Crippen LogP contribution in [0.1, 0.15) is 22.3 Å². The van der Waals surface area contributed by atoms with Crippen LogP contribution in [0.3, 0.4) is 0 Å². The normalized spacial score (nSPS) is 17.8. The van der Waals surface area contributed by atoms with Gasteiger partial charge in [-0.15, -0.1) is 0 Å². The molecule has 2 aromatic carbocycles. The highest BCUT2D eigenvalue weighted by atomic mass is 35.5. The molecule has 2 N–H and O–H groups in total. The number of morpholine rings is 1. The van der Waals surface area contributed by atoms with Crippen molar-refractivity contribution >= 4 is 46.9 Å². The van der Waals surface area contributed by atoms with E-state index in [4.69, 9.17) is 16.3 Å². The number of nitrogens with zero attached hydrogens (tertiary/aromatic N) is 1. The number of benzene rings is 2. The van der Waals surface area contributed by atoms with Gasteiger partial charge in [-0.25, -0.2) is 0 Å². The Balaban J connectivity index is 1.35. The molecule has 0 bridgehead atoms. The van der Waals surface area contributed by atoms with E-state index >= 15 is 0 Å². The molecule has 0 radical (unpaired) electrons. The van der Waals surface area contributed by atoms with Crippen LogP contribution in [0.15, 0.2) is 52.3 Å². The molecule has 0 aliphatic carbocycles.